The van der Waals surface area contributed by atoms with Crippen molar-refractivity contribution in [2.75, 3.05) is 20.3 Å². The van der Waals surface area contributed by atoms with Crippen LogP contribution in [0.15, 0.2) is 12.4 Å². The minimum Gasteiger partial charge on any atom is -0.383 e. The lowest BCUT2D eigenvalue weighted by Crippen LogP contribution is -2.44. The molecule has 7 heteroatoms. The van der Waals surface area contributed by atoms with Gasteiger partial charge >= 0.3 is 0 Å². The number of methoxy groups -OCH3 is 1. The maximum Gasteiger partial charge on any atom is 0.223 e. The van der Waals surface area contributed by atoms with Crippen LogP contribution in [0.3, 0.4) is 0 Å². The van der Waals surface area contributed by atoms with Crippen LogP contribution in [0.25, 0.3) is 0 Å². The Hall–Kier alpha value is -1.89. The molecule has 1 aliphatic rings. The van der Waals surface area contributed by atoms with Gasteiger partial charge in [0.25, 0.3) is 0 Å². The molecule has 2 atom stereocenters. The van der Waals surface area contributed by atoms with E-state index >= 15 is 0 Å². The number of amides is 2. The Kier molecular flexibility index (Phi) is 6.21. The number of nitrogens with zero attached hydrogens (tertiary/aromatic N) is 3. The summed E-state index contributed by atoms with van der Waals surface area (Å²) in [6, 6.07) is -0.0825. The van der Waals surface area contributed by atoms with Gasteiger partial charge in [-0.25, -0.2) is 0 Å². The molecule has 140 valence electrons. The van der Waals surface area contributed by atoms with Crippen molar-refractivity contribution in [3.63, 3.8) is 0 Å². The molecule has 0 saturated carbocycles. The zero-order valence-electron chi connectivity index (χ0n) is 15.9. The Labute approximate surface area is 149 Å². The lowest BCUT2D eigenvalue weighted by atomic mass is 9.93. The zero-order chi connectivity index (χ0) is 18.6. The van der Waals surface area contributed by atoms with Gasteiger partial charge in [-0.15, -0.1) is 0 Å². The summed E-state index contributed by atoms with van der Waals surface area (Å²) in [5, 5.41) is 7.34. The fourth-order valence-electron chi connectivity index (χ4n) is 3.41. The molecule has 0 aromatic carbocycles. The molecule has 1 saturated heterocycles. The average molecular weight is 350 g/mol. The number of hydrogen-bond donors (Lipinski definition) is 1. The molecule has 1 N–H and O–H groups in total. The molecule has 0 radical (unpaired) electrons. The highest BCUT2D eigenvalue weighted by Crippen LogP contribution is 2.42. The van der Waals surface area contributed by atoms with Crippen LogP contribution in [0, 0.1) is 5.92 Å². The number of aromatic nitrogens is 2. The number of hydrogen-bond acceptors (Lipinski definition) is 4. The van der Waals surface area contributed by atoms with Crippen LogP contribution in [0.5, 0.6) is 0 Å². The quantitative estimate of drug-likeness (QED) is 0.813. The normalized spacial score (nSPS) is 21.0. The molecule has 1 aliphatic heterocycles. The smallest absolute Gasteiger partial charge is 0.223 e. The van der Waals surface area contributed by atoms with E-state index in [1.165, 1.54) is 0 Å². The summed E-state index contributed by atoms with van der Waals surface area (Å²) < 4.78 is 6.94. The second-order valence-electron chi connectivity index (χ2n) is 7.53. The van der Waals surface area contributed by atoms with Crippen molar-refractivity contribution in [3.8, 4) is 0 Å². The Bertz CT molecular complexity index is 606. The molecule has 2 heterocycles. The van der Waals surface area contributed by atoms with Gasteiger partial charge in [0.05, 0.1) is 25.4 Å². The number of carbonyl (C=O) groups is 2. The van der Waals surface area contributed by atoms with E-state index in [0.717, 1.165) is 5.56 Å². The summed E-state index contributed by atoms with van der Waals surface area (Å²) in [4.78, 5) is 26.3. The average Bonchev–Trinajstić information content (AvgIpc) is 3.13. The van der Waals surface area contributed by atoms with Gasteiger partial charge in [0.15, 0.2) is 0 Å². The van der Waals surface area contributed by atoms with Gasteiger partial charge in [-0.3, -0.25) is 14.3 Å². The molecular formula is C18H30N4O3. The minimum atomic E-state index is -0.292. The summed E-state index contributed by atoms with van der Waals surface area (Å²) in [5.41, 5.74) is 0.715. The lowest BCUT2D eigenvalue weighted by molar-refractivity contribution is -0.133. The molecule has 25 heavy (non-hydrogen) atoms. The first-order valence-electron chi connectivity index (χ1n) is 8.88. The molecule has 0 aliphatic carbocycles. The molecule has 2 amide bonds. The third-order valence-corrected chi connectivity index (χ3v) is 4.55. The lowest BCUT2D eigenvalue weighted by Gasteiger charge is -2.38. The van der Waals surface area contributed by atoms with E-state index in [0.29, 0.717) is 32.5 Å². The van der Waals surface area contributed by atoms with Crippen LogP contribution < -0.4 is 5.32 Å². The van der Waals surface area contributed by atoms with Crippen molar-refractivity contribution >= 4 is 11.8 Å². The first-order valence-corrected chi connectivity index (χ1v) is 8.88. The van der Waals surface area contributed by atoms with Gasteiger partial charge in [0.1, 0.15) is 0 Å². The Morgan fingerprint density at radius 1 is 1.44 bits per heavy atom. The monoisotopic (exact) mass is 350 g/mol. The third kappa shape index (κ3) is 4.60. The van der Waals surface area contributed by atoms with Gasteiger partial charge in [-0.05, 0) is 20.8 Å². The first kappa shape index (κ1) is 19.4. The van der Waals surface area contributed by atoms with Crippen LogP contribution in [-0.2, 0) is 20.9 Å². The SMILES string of the molecule is CCC(=O)NC[C@@H]1CC(=O)N(C(C)(C)C)[C@H]1c1cnn(CCOC)c1. The molecule has 1 aromatic rings. The molecule has 0 spiro atoms. The topological polar surface area (TPSA) is 76.5 Å². The van der Waals surface area contributed by atoms with E-state index in [1.54, 1.807) is 7.11 Å². The van der Waals surface area contributed by atoms with Crippen molar-refractivity contribution in [2.45, 2.75) is 58.7 Å². The summed E-state index contributed by atoms with van der Waals surface area (Å²) in [6.45, 7) is 9.71. The van der Waals surface area contributed by atoms with Crippen LogP contribution in [-0.4, -0.2) is 52.3 Å². The molecule has 2 rings (SSSR count). The van der Waals surface area contributed by atoms with E-state index < -0.39 is 0 Å². The van der Waals surface area contributed by atoms with E-state index in [9.17, 15) is 9.59 Å². The number of carbonyl (C=O) groups excluding carboxylic acids is 2. The van der Waals surface area contributed by atoms with Gasteiger partial charge in [-0.2, -0.15) is 5.10 Å². The van der Waals surface area contributed by atoms with Crippen LogP contribution in [0.1, 0.15) is 52.1 Å². The second kappa shape index (κ2) is 7.99. The molecule has 0 bridgehead atoms. The number of likely N-dealkylation sites (tertiary alicyclic amines) is 1. The maximum absolute atomic E-state index is 12.7. The van der Waals surface area contributed by atoms with Crippen molar-refractivity contribution in [1.82, 2.24) is 20.0 Å². The summed E-state index contributed by atoms with van der Waals surface area (Å²) >= 11 is 0. The Morgan fingerprint density at radius 3 is 2.76 bits per heavy atom. The summed E-state index contributed by atoms with van der Waals surface area (Å²) in [5.74, 6) is 0.177. The standard InChI is InChI=1S/C18H30N4O3/c1-6-15(23)19-10-13-9-16(24)22(18(2,3)4)17(13)14-11-20-21(12-14)7-8-25-5/h11-13,17H,6-10H2,1-5H3,(H,19,23)/t13-,17+/m0/s1. The zero-order valence-corrected chi connectivity index (χ0v) is 15.9. The van der Waals surface area contributed by atoms with Crippen LogP contribution in [0.4, 0.5) is 0 Å². The highest BCUT2D eigenvalue weighted by Gasteiger charge is 2.45. The highest BCUT2D eigenvalue weighted by molar-refractivity contribution is 5.81. The fraction of sp³-hybridized carbons (Fsp3) is 0.722. The second-order valence-corrected chi connectivity index (χ2v) is 7.53. The van der Waals surface area contributed by atoms with Gasteiger partial charge < -0.3 is 15.0 Å². The van der Waals surface area contributed by atoms with E-state index in [-0.39, 0.29) is 29.3 Å². The van der Waals surface area contributed by atoms with Gasteiger partial charge in [0, 0.05) is 49.7 Å². The van der Waals surface area contributed by atoms with Crippen LogP contribution in [0.2, 0.25) is 0 Å². The maximum atomic E-state index is 12.7. The van der Waals surface area contributed by atoms with Crippen molar-refractivity contribution in [2.24, 2.45) is 5.92 Å². The fourth-order valence-corrected chi connectivity index (χ4v) is 3.41. The highest BCUT2D eigenvalue weighted by atomic mass is 16.5. The molecule has 1 fully saturated rings. The van der Waals surface area contributed by atoms with E-state index in [4.69, 9.17) is 4.74 Å². The predicted octanol–water partition coefficient (Wildman–Crippen LogP) is 1.74. The van der Waals surface area contributed by atoms with Crippen LogP contribution >= 0.6 is 0 Å². The number of nitrogens with one attached hydrogen (secondary N) is 1. The number of ether oxygens (including phenoxy) is 1. The Balaban J connectivity index is 2.25. The third-order valence-electron chi connectivity index (χ3n) is 4.55. The van der Waals surface area contributed by atoms with Crippen molar-refractivity contribution in [3.05, 3.63) is 18.0 Å². The molecular weight excluding hydrogens is 320 g/mol. The van der Waals surface area contributed by atoms with Crippen molar-refractivity contribution < 1.29 is 14.3 Å². The molecule has 7 nitrogen and oxygen atoms in total. The summed E-state index contributed by atoms with van der Waals surface area (Å²) in [7, 11) is 1.66. The number of rotatable bonds is 7. The molecule has 1 aromatic heterocycles. The van der Waals surface area contributed by atoms with Gasteiger partial charge in [-0.1, -0.05) is 6.92 Å². The summed E-state index contributed by atoms with van der Waals surface area (Å²) in [6.07, 6.45) is 4.69. The molecule has 0 unspecified atom stereocenters. The van der Waals surface area contributed by atoms with E-state index in [2.05, 4.69) is 10.4 Å². The minimum absolute atomic E-state index is 0.0104. The van der Waals surface area contributed by atoms with E-state index in [1.807, 2.05) is 49.7 Å². The first-order chi connectivity index (χ1) is 11.8. The predicted molar refractivity (Wildman–Crippen MR) is 94.9 cm³/mol. The van der Waals surface area contributed by atoms with Crippen molar-refractivity contribution in [1.29, 1.82) is 0 Å². The Morgan fingerprint density at radius 2 is 2.16 bits per heavy atom. The largest absolute Gasteiger partial charge is 0.383 e. The van der Waals surface area contributed by atoms with Gasteiger partial charge in [0.2, 0.25) is 11.8 Å².